The van der Waals surface area contributed by atoms with Crippen LogP contribution in [0.25, 0.3) is 0 Å². The fourth-order valence-corrected chi connectivity index (χ4v) is 1.08. The first-order valence-corrected chi connectivity index (χ1v) is 4.86. The SMILES string of the molecule is CCC(C)(C)CCC(CN)C(=O)O. The van der Waals surface area contributed by atoms with Gasteiger partial charge in [-0.2, -0.15) is 0 Å². The van der Waals surface area contributed by atoms with E-state index in [0.29, 0.717) is 6.42 Å². The Labute approximate surface area is 80.3 Å². The first-order valence-electron chi connectivity index (χ1n) is 4.86. The highest BCUT2D eigenvalue weighted by Crippen LogP contribution is 2.27. The summed E-state index contributed by atoms with van der Waals surface area (Å²) in [5, 5.41) is 8.76. The molecule has 13 heavy (non-hydrogen) atoms. The highest BCUT2D eigenvalue weighted by molar-refractivity contribution is 5.70. The van der Waals surface area contributed by atoms with Gasteiger partial charge in [0.05, 0.1) is 5.92 Å². The van der Waals surface area contributed by atoms with Crippen LogP contribution >= 0.6 is 0 Å². The van der Waals surface area contributed by atoms with Crippen molar-refractivity contribution in [2.24, 2.45) is 17.1 Å². The summed E-state index contributed by atoms with van der Waals surface area (Å²) in [7, 11) is 0. The van der Waals surface area contributed by atoms with Gasteiger partial charge in [0.1, 0.15) is 0 Å². The van der Waals surface area contributed by atoms with Crippen molar-refractivity contribution < 1.29 is 9.90 Å². The lowest BCUT2D eigenvalue weighted by Gasteiger charge is -2.23. The third-order valence-electron chi connectivity index (χ3n) is 2.76. The van der Waals surface area contributed by atoms with Crippen molar-refractivity contribution in [2.75, 3.05) is 6.54 Å². The number of aliphatic carboxylic acids is 1. The third kappa shape index (κ3) is 4.88. The fraction of sp³-hybridized carbons (Fsp3) is 0.900. The molecule has 0 saturated carbocycles. The van der Waals surface area contributed by atoms with Gasteiger partial charge >= 0.3 is 5.97 Å². The van der Waals surface area contributed by atoms with Crippen molar-refractivity contribution in [1.29, 1.82) is 0 Å². The number of carbonyl (C=O) groups is 1. The van der Waals surface area contributed by atoms with Crippen LogP contribution in [0.1, 0.15) is 40.0 Å². The molecule has 0 aromatic carbocycles. The zero-order chi connectivity index (χ0) is 10.5. The first-order chi connectivity index (χ1) is 5.93. The summed E-state index contributed by atoms with van der Waals surface area (Å²) in [5.41, 5.74) is 5.60. The van der Waals surface area contributed by atoms with E-state index in [1.165, 1.54) is 0 Å². The summed E-state index contributed by atoms with van der Waals surface area (Å²) in [6.45, 7) is 6.68. The van der Waals surface area contributed by atoms with Crippen LogP contribution < -0.4 is 5.73 Å². The molecule has 0 amide bonds. The smallest absolute Gasteiger partial charge is 0.307 e. The van der Waals surface area contributed by atoms with E-state index in [4.69, 9.17) is 10.8 Å². The number of hydrogen-bond donors (Lipinski definition) is 2. The second-order valence-corrected chi connectivity index (χ2v) is 4.33. The lowest BCUT2D eigenvalue weighted by Crippen LogP contribution is -2.25. The molecule has 0 heterocycles. The molecule has 1 atom stereocenters. The highest BCUT2D eigenvalue weighted by atomic mass is 16.4. The number of carboxylic acid groups (broad SMARTS) is 1. The summed E-state index contributed by atoms with van der Waals surface area (Å²) < 4.78 is 0. The number of carboxylic acids is 1. The second kappa shape index (κ2) is 5.22. The molecule has 0 aliphatic heterocycles. The number of hydrogen-bond acceptors (Lipinski definition) is 2. The molecule has 3 heteroatoms. The van der Waals surface area contributed by atoms with Gasteiger partial charge in [-0.1, -0.05) is 27.2 Å². The Balaban J connectivity index is 3.92. The predicted octanol–water partition coefficient (Wildman–Crippen LogP) is 1.86. The Bertz CT molecular complexity index is 166. The summed E-state index contributed by atoms with van der Waals surface area (Å²) >= 11 is 0. The van der Waals surface area contributed by atoms with Crippen molar-refractivity contribution in [3.63, 3.8) is 0 Å². The molecule has 3 N–H and O–H groups in total. The third-order valence-corrected chi connectivity index (χ3v) is 2.76. The van der Waals surface area contributed by atoms with Crippen LogP contribution in [0, 0.1) is 11.3 Å². The van der Waals surface area contributed by atoms with E-state index in [-0.39, 0.29) is 17.9 Å². The van der Waals surface area contributed by atoms with E-state index < -0.39 is 5.97 Å². The molecular formula is C10H21NO2. The van der Waals surface area contributed by atoms with Crippen molar-refractivity contribution in [3.05, 3.63) is 0 Å². The van der Waals surface area contributed by atoms with Gasteiger partial charge in [-0.05, 0) is 18.3 Å². The lowest BCUT2D eigenvalue weighted by atomic mass is 9.82. The molecule has 0 saturated heterocycles. The van der Waals surface area contributed by atoms with Crippen molar-refractivity contribution in [1.82, 2.24) is 0 Å². The molecule has 78 valence electrons. The molecule has 0 aliphatic carbocycles. The van der Waals surface area contributed by atoms with Crippen LogP contribution in [-0.2, 0) is 4.79 Å². The van der Waals surface area contributed by atoms with E-state index >= 15 is 0 Å². The van der Waals surface area contributed by atoms with E-state index in [1.54, 1.807) is 0 Å². The maximum Gasteiger partial charge on any atom is 0.307 e. The molecule has 0 radical (unpaired) electrons. The minimum Gasteiger partial charge on any atom is -0.481 e. The van der Waals surface area contributed by atoms with Gasteiger partial charge < -0.3 is 10.8 Å². The Morgan fingerprint density at radius 3 is 2.38 bits per heavy atom. The molecule has 0 spiro atoms. The zero-order valence-electron chi connectivity index (χ0n) is 8.84. The highest BCUT2D eigenvalue weighted by Gasteiger charge is 2.21. The van der Waals surface area contributed by atoms with E-state index in [0.717, 1.165) is 12.8 Å². The van der Waals surface area contributed by atoms with Crippen LogP contribution in [0.3, 0.4) is 0 Å². The van der Waals surface area contributed by atoms with Crippen molar-refractivity contribution in [2.45, 2.75) is 40.0 Å². The molecule has 3 nitrogen and oxygen atoms in total. The van der Waals surface area contributed by atoms with Crippen LogP contribution in [-0.4, -0.2) is 17.6 Å². The van der Waals surface area contributed by atoms with Gasteiger partial charge in [-0.25, -0.2) is 0 Å². The van der Waals surface area contributed by atoms with E-state index in [9.17, 15) is 4.79 Å². The maximum absolute atomic E-state index is 10.7. The van der Waals surface area contributed by atoms with Gasteiger partial charge in [0, 0.05) is 6.54 Å². The Morgan fingerprint density at radius 2 is 2.08 bits per heavy atom. The fourth-order valence-electron chi connectivity index (χ4n) is 1.08. The Kier molecular flexibility index (Phi) is 4.99. The normalized spacial score (nSPS) is 14.2. The van der Waals surface area contributed by atoms with Gasteiger partial charge in [0.25, 0.3) is 0 Å². The standard InChI is InChI=1S/C10H21NO2/c1-4-10(2,3)6-5-8(7-11)9(12)13/h8H,4-7,11H2,1-3H3,(H,12,13). The molecular weight excluding hydrogens is 166 g/mol. The van der Waals surface area contributed by atoms with Crippen molar-refractivity contribution in [3.8, 4) is 0 Å². The number of nitrogens with two attached hydrogens (primary N) is 1. The van der Waals surface area contributed by atoms with Crippen LogP contribution in [0.2, 0.25) is 0 Å². The largest absolute Gasteiger partial charge is 0.481 e. The molecule has 0 aromatic heterocycles. The molecule has 1 unspecified atom stereocenters. The minimum absolute atomic E-state index is 0.239. The number of rotatable bonds is 6. The summed E-state index contributed by atoms with van der Waals surface area (Å²) in [6.07, 6.45) is 2.69. The van der Waals surface area contributed by atoms with Gasteiger partial charge in [0.15, 0.2) is 0 Å². The monoisotopic (exact) mass is 187 g/mol. The van der Waals surface area contributed by atoms with Gasteiger partial charge in [-0.15, -0.1) is 0 Å². The van der Waals surface area contributed by atoms with Gasteiger partial charge in [0.2, 0.25) is 0 Å². The first kappa shape index (κ1) is 12.4. The summed E-state index contributed by atoms with van der Waals surface area (Å²) in [5.74, 6) is -1.14. The topological polar surface area (TPSA) is 63.3 Å². The molecule has 0 fully saturated rings. The Morgan fingerprint density at radius 1 is 1.54 bits per heavy atom. The van der Waals surface area contributed by atoms with Crippen LogP contribution in [0.4, 0.5) is 0 Å². The lowest BCUT2D eigenvalue weighted by molar-refractivity contribution is -0.141. The van der Waals surface area contributed by atoms with Gasteiger partial charge in [-0.3, -0.25) is 4.79 Å². The van der Waals surface area contributed by atoms with Crippen LogP contribution in [0.5, 0.6) is 0 Å². The second-order valence-electron chi connectivity index (χ2n) is 4.33. The molecule has 0 rings (SSSR count). The summed E-state index contributed by atoms with van der Waals surface area (Å²) in [6, 6.07) is 0. The maximum atomic E-state index is 10.7. The summed E-state index contributed by atoms with van der Waals surface area (Å²) in [4.78, 5) is 10.7. The van der Waals surface area contributed by atoms with Crippen LogP contribution in [0.15, 0.2) is 0 Å². The zero-order valence-corrected chi connectivity index (χ0v) is 8.84. The van der Waals surface area contributed by atoms with E-state index in [1.807, 2.05) is 0 Å². The molecule has 0 aromatic rings. The van der Waals surface area contributed by atoms with E-state index in [2.05, 4.69) is 20.8 Å². The average Bonchev–Trinajstić information content (AvgIpc) is 2.05. The quantitative estimate of drug-likeness (QED) is 0.667. The van der Waals surface area contributed by atoms with Crippen molar-refractivity contribution >= 4 is 5.97 Å². The average molecular weight is 187 g/mol. The molecule has 0 aliphatic rings. The Hall–Kier alpha value is -0.570. The minimum atomic E-state index is -0.769. The predicted molar refractivity (Wildman–Crippen MR) is 53.5 cm³/mol. The molecule has 0 bridgehead atoms.